The lowest BCUT2D eigenvalue weighted by Gasteiger charge is -2.16. The van der Waals surface area contributed by atoms with Gasteiger partial charge in [-0.15, -0.1) is 0 Å². The van der Waals surface area contributed by atoms with Crippen LogP contribution in [0.1, 0.15) is 61.9 Å². The summed E-state index contributed by atoms with van der Waals surface area (Å²) in [5.41, 5.74) is 3.90. The molecular formula is C15H19NO. The van der Waals surface area contributed by atoms with E-state index in [4.69, 9.17) is 0 Å². The van der Waals surface area contributed by atoms with Gasteiger partial charge in [0, 0.05) is 17.7 Å². The van der Waals surface area contributed by atoms with Crippen LogP contribution in [0.15, 0.2) is 23.2 Å². The summed E-state index contributed by atoms with van der Waals surface area (Å²) in [4.78, 5) is 16.6. The van der Waals surface area contributed by atoms with E-state index in [1.54, 1.807) is 0 Å². The first kappa shape index (κ1) is 12.0. The van der Waals surface area contributed by atoms with Crippen molar-refractivity contribution in [3.05, 3.63) is 29.3 Å². The average Bonchev–Trinajstić information content (AvgIpc) is 2.29. The number of benzene rings is 1. The maximum Gasteiger partial charge on any atom is 0.170 e. The number of aliphatic imine (C=N–C) groups is 1. The average molecular weight is 229 g/mol. The van der Waals surface area contributed by atoms with Gasteiger partial charge in [-0.05, 0) is 30.0 Å². The Kier molecular flexibility index (Phi) is 3.41. The number of rotatable bonds is 3. The van der Waals surface area contributed by atoms with Gasteiger partial charge in [-0.3, -0.25) is 9.79 Å². The van der Waals surface area contributed by atoms with E-state index in [-0.39, 0.29) is 5.78 Å². The number of hydrogen-bond acceptors (Lipinski definition) is 2. The fraction of sp³-hybridized carbons (Fsp3) is 0.467. The van der Waals surface area contributed by atoms with Gasteiger partial charge in [0.05, 0.1) is 5.69 Å². The molecule has 0 aromatic heterocycles. The van der Waals surface area contributed by atoms with E-state index in [0.717, 1.165) is 29.8 Å². The second-order valence-corrected chi connectivity index (χ2v) is 4.96. The SMILES string of the molecule is CCCC1=Nc2ccc(C(C)C)cc2C(=O)C1. The van der Waals surface area contributed by atoms with Crippen molar-refractivity contribution in [3.63, 3.8) is 0 Å². The van der Waals surface area contributed by atoms with Gasteiger partial charge in [-0.25, -0.2) is 0 Å². The molecule has 0 atom stereocenters. The molecule has 90 valence electrons. The molecule has 0 aliphatic carbocycles. The fourth-order valence-electron chi connectivity index (χ4n) is 2.16. The van der Waals surface area contributed by atoms with E-state index in [1.165, 1.54) is 5.56 Å². The van der Waals surface area contributed by atoms with Crippen LogP contribution in [0.4, 0.5) is 5.69 Å². The van der Waals surface area contributed by atoms with E-state index in [0.29, 0.717) is 12.3 Å². The minimum atomic E-state index is 0.223. The van der Waals surface area contributed by atoms with Crippen molar-refractivity contribution in [2.75, 3.05) is 0 Å². The van der Waals surface area contributed by atoms with Crippen molar-refractivity contribution in [1.29, 1.82) is 0 Å². The van der Waals surface area contributed by atoms with Crippen LogP contribution in [-0.2, 0) is 0 Å². The molecular weight excluding hydrogens is 210 g/mol. The summed E-state index contributed by atoms with van der Waals surface area (Å²) >= 11 is 0. The summed E-state index contributed by atoms with van der Waals surface area (Å²) in [6, 6.07) is 6.07. The Morgan fingerprint density at radius 3 is 2.76 bits per heavy atom. The van der Waals surface area contributed by atoms with Crippen LogP contribution in [0.2, 0.25) is 0 Å². The maximum atomic E-state index is 12.1. The minimum absolute atomic E-state index is 0.223. The van der Waals surface area contributed by atoms with Crippen LogP contribution < -0.4 is 0 Å². The number of carbonyl (C=O) groups is 1. The zero-order valence-electron chi connectivity index (χ0n) is 10.8. The molecule has 0 fully saturated rings. The Morgan fingerprint density at radius 1 is 1.35 bits per heavy atom. The molecule has 0 amide bonds. The zero-order valence-corrected chi connectivity index (χ0v) is 10.8. The van der Waals surface area contributed by atoms with Gasteiger partial charge >= 0.3 is 0 Å². The summed E-state index contributed by atoms with van der Waals surface area (Å²) < 4.78 is 0. The highest BCUT2D eigenvalue weighted by Crippen LogP contribution is 2.30. The lowest BCUT2D eigenvalue weighted by molar-refractivity contribution is 0.0999. The second-order valence-electron chi connectivity index (χ2n) is 4.96. The maximum absolute atomic E-state index is 12.1. The molecule has 1 aliphatic rings. The minimum Gasteiger partial charge on any atom is -0.294 e. The molecule has 0 N–H and O–H groups in total. The monoisotopic (exact) mass is 229 g/mol. The summed E-state index contributed by atoms with van der Waals surface area (Å²) in [7, 11) is 0. The summed E-state index contributed by atoms with van der Waals surface area (Å²) in [6.07, 6.45) is 2.48. The molecule has 2 nitrogen and oxygen atoms in total. The molecule has 0 saturated heterocycles. The van der Waals surface area contributed by atoms with Crippen LogP contribution in [0.3, 0.4) is 0 Å². The predicted octanol–water partition coefficient (Wildman–Crippen LogP) is 4.27. The molecule has 0 saturated carbocycles. The number of Topliss-reactive ketones (excluding diaryl/α,β-unsaturated/α-hetero) is 1. The van der Waals surface area contributed by atoms with Gasteiger partial charge in [0.2, 0.25) is 0 Å². The molecule has 0 radical (unpaired) electrons. The molecule has 1 aromatic carbocycles. The van der Waals surface area contributed by atoms with Gasteiger partial charge < -0.3 is 0 Å². The fourth-order valence-corrected chi connectivity index (χ4v) is 2.16. The molecule has 2 heteroatoms. The lowest BCUT2D eigenvalue weighted by atomic mass is 9.93. The smallest absolute Gasteiger partial charge is 0.170 e. The van der Waals surface area contributed by atoms with E-state index in [2.05, 4.69) is 31.8 Å². The lowest BCUT2D eigenvalue weighted by Crippen LogP contribution is -2.13. The Balaban J connectivity index is 2.41. The normalized spacial score (nSPS) is 14.8. The number of carbonyl (C=O) groups excluding carboxylic acids is 1. The van der Waals surface area contributed by atoms with Crippen molar-refractivity contribution in [2.24, 2.45) is 4.99 Å². The van der Waals surface area contributed by atoms with Crippen molar-refractivity contribution in [2.45, 2.75) is 46.0 Å². The topological polar surface area (TPSA) is 29.4 Å². The highest BCUT2D eigenvalue weighted by Gasteiger charge is 2.20. The van der Waals surface area contributed by atoms with Crippen molar-refractivity contribution < 1.29 is 4.79 Å². The van der Waals surface area contributed by atoms with Crippen LogP contribution in [0.25, 0.3) is 0 Å². The van der Waals surface area contributed by atoms with Gasteiger partial charge in [-0.2, -0.15) is 0 Å². The molecule has 0 spiro atoms. The Bertz CT molecular complexity index is 472. The van der Waals surface area contributed by atoms with Crippen LogP contribution >= 0.6 is 0 Å². The van der Waals surface area contributed by atoms with Gasteiger partial charge in [0.15, 0.2) is 5.78 Å². The first-order valence-electron chi connectivity index (χ1n) is 6.35. The highest BCUT2D eigenvalue weighted by molar-refractivity contribution is 6.15. The van der Waals surface area contributed by atoms with E-state index in [9.17, 15) is 4.79 Å². The summed E-state index contributed by atoms with van der Waals surface area (Å²) in [5, 5.41) is 0. The number of ketones is 1. The van der Waals surface area contributed by atoms with Crippen LogP contribution in [0.5, 0.6) is 0 Å². The van der Waals surface area contributed by atoms with E-state index < -0.39 is 0 Å². The molecule has 17 heavy (non-hydrogen) atoms. The molecule has 0 unspecified atom stereocenters. The van der Waals surface area contributed by atoms with Gasteiger partial charge in [0.25, 0.3) is 0 Å². The quantitative estimate of drug-likeness (QED) is 0.761. The number of fused-ring (bicyclic) bond motifs is 1. The first-order valence-corrected chi connectivity index (χ1v) is 6.35. The van der Waals surface area contributed by atoms with E-state index >= 15 is 0 Å². The highest BCUT2D eigenvalue weighted by atomic mass is 16.1. The second kappa shape index (κ2) is 4.82. The third-order valence-corrected chi connectivity index (χ3v) is 3.17. The number of nitrogens with zero attached hydrogens (tertiary/aromatic N) is 1. The standard InChI is InChI=1S/C15H19NO/c1-4-5-12-9-15(17)13-8-11(10(2)3)6-7-14(13)16-12/h6-8,10H,4-5,9H2,1-3H3. The summed E-state index contributed by atoms with van der Waals surface area (Å²) in [5.74, 6) is 0.676. The van der Waals surface area contributed by atoms with E-state index in [1.807, 2.05) is 12.1 Å². The Morgan fingerprint density at radius 2 is 2.12 bits per heavy atom. The van der Waals surface area contributed by atoms with Gasteiger partial charge in [0.1, 0.15) is 0 Å². The third-order valence-electron chi connectivity index (χ3n) is 3.17. The largest absolute Gasteiger partial charge is 0.294 e. The molecule has 2 rings (SSSR count). The molecule has 1 aromatic rings. The summed E-state index contributed by atoms with van der Waals surface area (Å²) in [6.45, 7) is 6.39. The van der Waals surface area contributed by atoms with Crippen molar-refractivity contribution in [3.8, 4) is 0 Å². The molecule has 0 bridgehead atoms. The molecule has 1 heterocycles. The van der Waals surface area contributed by atoms with Crippen molar-refractivity contribution >= 4 is 17.2 Å². The number of hydrogen-bond donors (Lipinski definition) is 0. The third kappa shape index (κ3) is 2.46. The van der Waals surface area contributed by atoms with Crippen LogP contribution in [-0.4, -0.2) is 11.5 Å². The molecule has 1 aliphatic heterocycles. The van der Waals surface area contributed by atoms with Crippen molar-refractivity contribution in [1.82, 2.24) is 0 Å². The van der Waals surface area contributed by atoms with Crippen LogP contribution in [0, 0.1) is 0 Å². The first-order chi connectivity index (χ1) is 8.11. The zero-order chi connectivity index (χ0) is 12.4. The van der Waals surface area contributed by atoms with Gasteiger partial charge in [-0.1, -0.05) is 33.3 Å². The predicted molar refractivity (Wildman–Crippen MR) is 71.5 cm³/mol. The Hall–Kier alpha value is -1.44. The Labute approximate surface area is 103 Å².